The highest BCUT2D eigenvalue weighted by atomic mass is 79.9. The van der Waals surface area contributed by atoms with Crippen molar-refractivity contribution in [2.24, 2.45) is 0 Å². The first-order valence-corrected chi connectivity index (χ1v) is 9.29. The molecule has 2 N–H and O–H groups in total. The van der Waals surface area contributed by atoms with Gasteiger partial charge in [-0.1, -0.05) is 6.92 Å². The third-order valence-electron chi connectivity index (χ3n) is 3.94. The highest BCUT2D eigenvalue weighted by Crippen LogP contribution is 2.38. The van der Waals surface area contributed by atoms with Gasteiger partial charge < -0.3 is 19.6 Å². The Hall–Kier alpha value is -3.71. The molecule has 0 aliphatic rings. The van der Waals surface area contributed by atoms with E-state index in [-0.39, 0.29) is 29.0 Å². The molecule has 0 aliphatic heterocycles. The molecule has 0 unspecified atom stereocenters. The molecule has 0 saturated carbocycles. The van der Waals surface area contributed by atoms with E-state index in [1.165, 1.54) is 36.9 Å². The summed E-state index contributed by atoms with van der Waals surface area (Å²) in [5.41, 5.74) is 1.67. The van der Waals surface area contributed by atoms with Crippen LogP contribution < -0.4 is 9.47 Å². The maximum Gasteiger partial charge on any atom is 0.327 e. The van der Waals surface area contributed by atoms with E-state index in [1.54, 1.807) is 0 Å². The predicted molar refractivity (Wildman–Crippen MR) is 106 cm³/mol. The number of rotatable bonds is 5. The van der Waals surface area contributed by atoms with E-state index in [4.69, 9.17) is 14.7 Å². The zero-order valence-corrected chi connectivity index (χ0v) is 16.6. The van der Waals surface area contributed by atoms with Crippen molar-refractivity contribution in [2.45, 2.75) is 13.3 Å². The second-order valence-electron chi connectivity index (χ2n) is 5.91. The third-order valence-corrected chi connectivity index (χ3v) is 4.82. The van der Waals surface area contributed by atoms with E-state index in [9.17, 15) is 5.11 Å². The Morgan fingerprint density at radius 2 is 1.93 bits per heavy atom. The van der Waals surface area contributed by atoms with Crippen LogP contribution in [0.25, 0.3) is 11.0 Å². The second kappa shape index (κ2) is 7.73. The number of nitrogens with one attached hydrogen (secondary N) is 1. The van der Waals surface area contributed by atoms with Crippen LogP contribution in [-0.2, 0) is 6.42 Å². The van der Waals surface area contributed by atoms with Crippen molar-refractivity contribution in [1.82, 2.24) is 24.9 Å². The summed E-state index contributed by atoms with van der Waals surface area (Å²) < 4.78 is 12.3. The van der Waals surface area contributed by atoms with Crippen LogP contribution in [0.3, 0.4) is 0 Å². The van der Waals surface area contributed by atoms with Gasteiger partial charge in [-0.3, -0.25) is 0 Å². The van der Waals surface area contributed by atoms with Gasteiger partial charge in [0.15, 0.2) is 5.75 Å². The van der Waals surface area contributed by atoms with Crippen LogP contribution >= 0.6 is 15.9 Å². The van der Waals surface area contributed by atoms with Gasteiger partial charge in [0.05, 0.1) is 33.9 Å². The number of hydrogen-bond acceptors (Lipinski definition) is 8. The Kier molecular flexibility index (Phi) is 4.97. The number of halogens is 1. The number of nitriles is 1. The Morgan fingerprint density at radius 3 is 2.66 bits per heavy atom. The second-order valence-corrected chi connectivity index (χ2v) is 6.70. The van der Waals surface area contributed by atoms with E-state index in [1.807, 2.05) is 13.0 Å². The van der Waals surface area contributed by atoms with E-state index in [0.717, 1.165) is 16.6 Å². The number of fused-ring (bicyclic) bond motifs is 1. The van der Waals surface area contributed by atoms with Crippen LogP contribution in [0.4, 0.5) is 0 Å². The summed E-state index contributed by atoms with van der Waals surface area (Å²) in [4.78, 5) is 19.8. The molecule has 0 bridgehead atoms. The number of hydrogen-bond donors (Lipinski definition) is 2. The number of ether oxygens (including phenoxy) is 2. The molecule has 3 aromatic heterocycles. The fraction of sp³-hybridized carbons (Fsp3) is 0.105. The average molecular weight is 453 g/mol. The Bertz CT molecular complexity index is 1240. The SMILES string of the molecule is CCc1[nH]c2nc(Oc3cncnc3)nc(Oc3cc(O)cc(C#N)c3)c2c1Br. The van der Waals surface area contributed by atoms with Crippen LogP contribution in [0, 0.1) is 11.3 Å². The number of nitrogens with zero attached hydrogens (tertiary/aromatic N) is 5. The largest absolute Gasteiger partial charge is 0.508 e. The lowest BCUT2D eigenvalue weighted by Crippen LogP contribution is -1.97. The molecule has 144 valence electrons. The molecule has 0 atom stereocenters. The summed E-state index contributed by atoms with van der Waals surface area (Å²) in [6.07, 6.45) is 5.08. The van der Waals surface area contributed by atoms with Gasteiger partial charge in [0, 0.05) is 11.8 Å². The Morgan fingerprint density at radius 1 is 1.14 bits per heavy atom. The number of phenolic OH excluding ortho intramolecular Hbond substituents is 1. The molecule has 4 rings (SSSR count). The van der Waals surface area contributed by atoms with Gasteiger partial charge in [0.25, 0.3) is 0 Å². The van der Waals surface area contributed by atoms with E-state index in [0.29, 0.717) is 16.8 Å². The molecule has 0 saturated heterocycles. The van der Waals surface area contributed by atoms with Crippen LogP contribution in [0.1, 0.15) is 18.2 Å². The maximum absolute atomic E-state index is 9.84. The molecular weight excluding hydrogens is 440 g/mol. The topological polar surface area (TPSA) is 130 Å². The molecule has 3 heterocycles. The van der Waals surface area contributed by atoms with Gasteiger partial charge in [-0.15, -0.1) is 0 Å². The number of aryl methyl sites for hydroxylation is 1. The number of aromatic hydroxyl groups is 1. The molecule has 29 heavy (non-hydrogen) atoms. The lowest BCUT2D eigenvalue weighted by Gasteiger charge is -2.09. The highest BCUT2D eigenvalue weighted by molar-refractivity contribution is 9.10. The molecule has 4 aromatic rings. The first kappa shape index (κ1) is 18.6. The summed E-state index contributed by atoms with van der Waals surface area (Å²) in [5, 5.41) is 19.6. The third kappa shape index (κ3) is 3.81. The van der Waals surface area contributed by atoms with Crippen molar-refractivity contribution >= 4 is 27.0 Å². The Balaban J connectivity index is 1.83. The fourth-order valence-corrected chi connectivity index (χ4v) is 3.42. The lowest BCUT2D eigenvalue weighted by molar-refractivity contribution is 0.412. The van der Waals surface area contributed by atoms with Gasteiger partial charge in [0.2, 0.25) is 5.88 Å². The van der Waals surface area contributed by atoms with Crippen molar-refractivity contribution in [3.63, 3.8) is 0 Å². The van der Waals surface area contributed by atoms with E-state index in [2.05, 4.69) is 40.8 Å². The smallest absolute Gasteiger partial charge is 0.327 e. The monoisotopic (exact) mass is 452 g/mol. The van der Waals surface area contributed by atoms with Crippen molar-refractivity contribution in [3.8, 4) is 35.2 Å². The van der Waals surface area contributed by atoms with Crippen molar-refractivity contribution in [3.05, 3.63) is 52.7 Å². The molecule has 10 heteroatoms. The first-order chi connectivity index (χ1) is 14.1. The van der Waals surface area contributed by atoms with Gasteiger partial charge in [-0.2, -0.15) is 15.2 Å². The normalized spacial score (nSPS) is 10.7. The summed E-state index contributed by atoms with van der Waals surface area (Å²) in [7, 11) is 0. The van der Waals surface area contributed by atoms with Crippen molar-refractivity contribution < 1.29 is 14.6 Å². The van der Waals surface area contributed by atoms with Crippen LogP contribution in [0.5, 0.6) is 29.1 Å². The lowest BCUT2D eigenvalue weighted by atomic mass is 10.2. The van der Waals surface area contributed by atoms with Crippen molar-refractivity contribution in [1.29, 1.82) is 5.26 Å². The minimum Gasteiger partial charge on any atom is -0.508 e. The van der Waals surface area contributed by atoms with Gasteiger partial charge >= 0.3 is 6.01 Å². The number of H-pyrrole nitrogens is 1. The zero-order chi connectivity index (χ0) is 20.4. The first-order valence-electron chi connectivity index (χ1n) is 8.50. The quantitative estimate of drug-likeness (QED) is 0.459. The van der Waals surface area contributed by atoms with Crippen LogP contribution in [0.2, 0.25) is 0 Å². The number of aromatic amines is 1. The Labute approximate surface area is 173 Å². The van der Waals surface area contributed by atoms with Gasteiger partial charge in [-0.05, 0) is 34.5 Å². The predicted octanol–water partition coefficient (Wildman–Crippen LogP) is 4.23. The summed E-state index contributed by atoms with van der Waals surface area (Å²) in [6, 6.07) is 6.23. The molecule has 0 aliphatic carbocycles. The molecule has 0 spiro atoms. The standard InChI is InChI=1S/C19H13BrN6O3/c1-2-14-16(20)15-17(24-14)25-19(29-13-7-22-9-23-8-13)26-18(15)28-12-4-10(6-21)3-11(27)5-12/h3-5,7-9,27H,2H2,1H3,(H,24,25,26). The average Bonchev–Trinajstić information content (AvgIpc) is 3.04. The minimum atomic E-state index is -0.0929. The van der Waals surface area contributed by atoms with E-state index < -0.39 is 0 Å². The molecule has 0 radical (unpaired) electrons. The summed E-state index contributed by atoms with van der Waals surface area (Å²) in [6.45, 7) is 2.00. The van der Waals surface area contributed by atoms with Crippen LogP contribution in [0.15, 0.2) is 41.4 Å². The number of phenols is 1. The molecule has 9 nitrogen and oxygen atoms in total. The molecular formula is C19H13BrN6O3. The minimum absolute atomic E-state index is 0.0272. The number of aromatic nitrogens is 5. The van der Waals surface area contributed by atoms with Gasteiger partial charge in [-0.25, -0.2) is 9.97 Å². The molecule has 1 aromatic carbocycles. The zero-order valence-electron chi connectivity index (χ0n) is 15.0. The van der Waals surface area contributed by atoms with Crippen molar-refractivity contribution in [2.75, 3.05) is 0 Å². The fourth-order valence-electron chi connectivity index (χ4n) is 2.68. The number of benzene rings is 1. The summed E-state index contributed by atoms with van der Waals surface area (Å²) in [5.74, 6) is 0.716. The molecule has 0 fully saturated rings. The maximum atomic E-state index is 9.84. The van der Waals surface area contributed by atoms with Crippen LogP contribution in [-0.4, -0.2) is 30.0 Å². The summed E-state index contributed by atoms with van der Waals surface area (Å²) >= 11 is 3.56. The molecule has 0 amide bonds. The van der Waals surface area contributed by atoms with Gasteiger partial charge in [0.1, 0.15) is 23.5 Å². The van der Waals surface area contributed by atoms with E-state index >= 15 is 0 Å². The highest BCUT2D eigenvalue weighted by Gasteiger charge is 2.19.